The van der Waals surface area contributed by atoms with Gasteiger partial charge in [-0.05, 0) is 31.6 Å². The molecule has 1 aliphatic rings. The largest absolute Gasteiger partial charge is 0.357 e. The summed E-state index contributed by atoms with van der Waals surface area (Å²) in [6.07, 6.45) is 3.19. The van der Waals surface area contributed by atoms with Crippen LogP contribution in [0.15, 0.2) is 4.99 Å². The molecule has 1 aliphatic heterocycles. The van der Waals surface area contributed by atoms with E-state index in [1.165, 1.54) is 23.4 Å². The first kappa shape index (κ1) is 21.3. The lowest BCUT2D eigenvalue weighted by atomic mass is 9.93. The van der Waals surface area contributed by atoms with Gasteiger partial charge in [-0.2, -0.15) is 5.10 Å². The molecule has 0 bridgehead atoms. The summed E-state index contributed by atoms with van der Waals surface area (Å²) in [5, 5.41) is 8.12. The van der Waals surface area contributed by atoms with Crippen LogP contribution in [-0.4, -0.2) is 40.3 Å². The van der Waals surface area contributed by atoms with E-state index in [9.17, 15) is 0 Å². The second-order valence-electron chi connectivity index (χ2n) is 7.21. The Kier molecular flexibility index (Phi) is 8.02. The van der Waals surface area contributed by atoms with Crippen molar-refractivity contribution < 1.29 is 0 Å². The summed E-state index contributed by atoms with van der Waals surface area (Å²) in [5.74, 6) is 1.05. The van der Waals surface area contributed by atoms with Crippen molar-refractivity contribution in [3.05, 3.63) is 17.0 Å². The van der Waals surface area contributed by atoms with Crippen molar-refractivity contribution in [2.75, 3.05) is 19.6 Å². The Labute approximate surface area is 164 Å². The Bertz CT molecular complexity index is 562. The average Bonchev–Trinajstić information content (AvgIpc) is 3.02. The molecule has 0 aliphatic carbocycles. The Hall–Kier alpha value is -0.790. The average molecular weight is 447 g/mol. The van der Waals surface area contributed by atoms with Crippen LogP contribution in [-0.2, 0) is 26.4 Å². The van der Waals surface area contributed by atoms with Crippen molar-refractivity contribution in [2.45, 2.75) is 60.4 Å². The van der Waals surface area contributed by atoms with Gasteiger partial charge in [0, 0.05) is 37.9 Å². The monoisotopic (exact) mass is 447 g/mol. The summed E-state index contributed by atoms with van der Waals surface area (Å²) >= 11 is 0. The van der Waals surface area contributed by atoms with E-state index in [2.05, 4.69) is 49.9 Å². The number of hydrogen-bond acceptors (Lipinski definition) is 2. The molecule has 0 spiro atoms. The van der Waals surface area contributed by atoms with Crippen LogP contribution in [0.1, 0.15) is 58.0 Å². The standard InChI is InChI=1S/C18H33N5.HI/c1-7-15-14(16(8-2)22(6)21-15)12-20-17(19-9-3)23-11-10-18(4,5)13-23;/h7-13H2,1-6H3,(H,19,20);1H. The number of guanidine groups is 1. The highest BCUT2D eigenvalue weighted by Crippen LogP contribution is 2.28. The minimum Gasteiger partial charge on any atom is -0.357 e. The topological polar surface area (TPSA) is 45.5 Å². The van der Waals surface area contributed by atoms with Crippen LogP contribution in [0.25, 0.3) is 0 Å². The zero-order chi connectivity index (χ0) is 17.0. The minimum absolute atomic E-state index is 0. The molecule has 138 valence electrons. The third-order valence-corrected chi connectivity index (χ3v) is 4.73. The summed E-state index contributed by atoms with van der Waals surface area (Å²) < 4.78 is 2.02. The lowest BCUT2D eigenvalue weighted by molar-refractivity contribution is 0.370. The molecule has 2 rings (SSSR count). The van der Waals surface area contributed by atoms with Crippen molar-refractivity contribution in [2.24, 2.45) is 17.5 Å². The Morgan fingerprint density at radius 1 is 1.25 bits per heavy atom. The van der Waals surface area contributed by atoms with Gasteiger partial charge in [-0.25, -0.2) is 4.99 Å². The summed E-state index contributed by atoms with van der Waals surface area (Å²) in [7, 11) is 2.04. The van der Waals surface area contributed by atoms with Gasteiger partial charge in [0.1, 0.15) is 0 Å². The minimum atomic E-state index is 0. The fourth-order valence-corrected chi connectivity index (χ4v) is 3.45. The third-order valence-electron chi connectivity index (χ3n) is 4.73. The number of aliphatic imine (C=N–C) groups is 1. The highest BCUT2D eigenvalue weighted by molar-refractivity contribution is 14.0. The second-order valence-corrected chi connectivity index (χ2v) is 7.21. The molecule has 2 heterocycles. The van der Waals surface area contributed by atoms with E-state index in [4.69, 9.17) is 4.99 Å². The van der Waals surface area contributed by atoms with Gasteiger partial charge in [0.15, 0.2) is 5.96 Å². The second kappa shape index (κ2) is 9.06. The van der Waals surface area contributed by atoms with Gasteiger partial charge in [0.25, 0.3) is 0 Å². The number of nitrogens with one attached hydrogen (secondary N) is 1. The van der Waals surface area contributed by atoms with Gasteiger partial charge in [-0.3, -0.25) is 4.68 Å². The molecule has 0 unspecified atom stereocenters. The van der Waals surface area contributed by atoms with Crippen LogP contribution in [0.2, 0.25) is 0 Å². The van der Waals surface area contributed by atoms with Crippen LogP contribution in [0.4, 0.5) is 0 Å². The number of hydrogen-bond donors (Lipinski definition) is 1. The molecular weight excluding hydrogens is 413 g/mol. The van der Waals surface area contributed by atoms with E-state index in [1.54, 1.807) is 0 Å². The molecule has 1 N–H and O–H groups in total. The SMILES string of the molecule is CCNC(=NCc1c(CC)nn(C)c1CC)N1CCC(C)(C)C1.I. The van der Waals surface area contributed by atoms with Crippen molar-refractivity contribution in [1.82, 2.24) is 20.0 Å². The molecule has 5 nitrogen and oxygen atoms in total. The van der Waals surface area contributed by atoms with Gasteiger partial charge in [0.05, 0.1) is 12.2 Å². The van der Waals surface area contributed by atoms with Crippen molar-refractivity contribution in [3.63, 3.8) is 0 Å². The highest BCUT2D eigenvalue weighted by Gasteiger charge is 2.30. The molecule has 1 aromatic heterocycles. The molecule has 24 heavy (non-hydrogen) atoms. The molecule has 1 saturated heterocycles. The first-order chi connectivity index (χ1) is 10.9. The number of rotatable bonds is 5. The number of aromatic nitrogens is 2. The zero-order valence-corrected chi connectivity index (χ0v) is 18.5. The van der Waals surface area contributed by atoms with Crippen molar-refractivity contribution >= 4 is 29.9 Å². The maximum atomic E-state index is 4.94. The number of halogens is 1. The molecule has 0 atom stereocenters. The first-order valence-corrected chi connectivity index (χ1v) is 8.98. The maximum Gasteiger partial charge on any atom is 0.194 e. The molecule has 0 radical (unpaired) electrons. The predicted molar refractivity (Wildman–Crippen MR) is 112 cm³/mol. The maximum absolute atomic E-state index is 4.94. The van der Waals surface area contributed by atoms with Gasteiger partial charge in [0.2, 0.25) is 0 Å². The van der Waals surface area contributed by atoms with Crippen LogP contribution in [0.5, 0.6) is 0 Å². The van der Waals surface area contributed by atoms with Crippen LogP contribution in [0, 0.1) is 5.41 Å². The molecule has 0 saturated carbocycles. The van der Waals surface area contributed by atoms with Crippen molar-refractivity contribution in [3.8, 4) is 0 Å². The van der Waals surface area contributed by atoms with Gasteiger partial charge in [-0.15, -0.1) is 24.0 Å². The first-order valence-electron chi connectivity index (χ1n) is 8.98. The van der Waals surface area contributed by atoms with E-state index in [1.807, 2.05) is 11.7 Å². The molecule has 6 heteroatoms. The van der Waals surface area contributed by atoms with Crippen LogP contribution in [0.3, 0.4) is 0 Å². The van der Waals surface area contributed by atoms with Gasteiger partial charge < -0.3 is 10.2 Å². The summed E-state index contributed by atoms with van der Waals surface area (Å²) in [4.78, 5) is 7.34. The number of likely N-dealkylation sites (tertiary alicyclic amines) is 1. The van der Waals surface area contributed by atoms with E-state index >= 15 is 0 Å². The molecule has 1 aromatic rings. The normalized spacial score (nSPS) is 17.1. The smallest absolute Gasteiger partial charge is 0.194 e. The lowest BCUT2D eigenvalue weighted by Crippen LogP contribution is -2.40. The lowest BCUT2D eigenvalue weighted by Gasteiger charge is -2.23. The third kappa shape index (κ3) is 4.86. The zero-order valence-electron chi connectivity index (χ0n) is 16.1. The molecular formula is C18H34IN5. The Balaban J connectivity index is 0.00000288. The number of aryl methyl sites for hydroxylation is 2. The Morgan fingerprint density at radius 3 is 2.46 bits per heavy atom. The van der Waals surface area contributed by atoms with Gasteiger partial charge in [-0.1, -0.05) is 27.7 Å². The van der Waals surface area contributed by atoms with Crippen LogP contribution < -0.4 is 5.32 Å². The summed E-state index contributed by atoms with van der Waals surface area (Å²) in [5.41, 5.74) is 4.19. The highest BCUT2D eigenvalue weighted by atomic mass is 127. The van der Waals surface area contributed by atoms with Crippen LogP contribution >= 0.6 is 24.0 Å². The fraction of sp³-hybridized carbons (Fsp3) is 0.778. The van der Waals surface area contributed by atoms with E-state index in [0.717, 1.165) is 45.0 Å². The van der Waals surface area contributed by atoms with Crippen molar-refractivity contribution in [1.29, 1.82) is 0 Å². The molecule has 1 fully saturated rings. The summed E-state index contributed by atoms with van der Waals surface area (Å²) in [6.45, 7) is 15.0. The fourth-order valence-electron chi connectivity index (χ4n) is 3.45. The number of nitrogens with zero attached hydrogens (tertiary/aromatic N) is 4. The quantitative estimate of drug-likeness (QED) is 0.428. The molecule has 0 aromatic carbocycles. The van der Waals surface area contributed by atoms with E-state index < -0.39 is 0 Å². The predicted octanol–water partition coefficient (Wildman–Crippen LogP) is 3.36. The van der Waals surface area contributed by atoms with E-state index in [-0.39, 0.29) is 24.0 Å². The molecule has 0 amide bonds. The summed E-state index contributed by atoms with van der Waals surface area (Å²) in [6, 6.07) is 0. The van der Waals surface area contributed by atoms with Gasteiger partial charge >= 0.3 is 0 Å². The van der Waals surface area contributed by atoms with E-state index in [0.29, 0.717) is 5.41 Å². The Morgan fingerprint density at radius 2 is 1.96 bits per heavy atom.